The van der Waals surface area contributed by atoms with Gasteiger partial charge < -0.3 is 5.73 Å². The molecule has 4 heteroatoms. The van der Waals surface area contributed by atoms with E-state index in [9.17, 15) is 4.39 Å². The van der Waals surface area contributed by atoms with Crippen LogP contribution in [0.2, 0.25) is 5.02 Å². The van der Waals surface area contributed by atoms with Gasteiger partial charge in [-0.05, 0) is 48.4 Å². The Morgan fingerprint density at radius 1 is 1.22 bits per heavy atom. The molecule has 0 heterocycles. The standard InChI is InChI=1S/C14H13ClFNS/c1-9-2-5-13(17)14(6-9)18-8-10-7-11(15)3-4-12(10)16/h2-7H,8,17H2,1H3. The molecule has 1 nitrogen and oxygen atoms in total. The molecule has 0 saturated carbocycles. The van der Waals surface area contributed by atoms with Crippen molar-refractivity contribution in [1.82, 2.24) is 0 Å². The number of thioether (sulfide) groups is 1. The van der Waals surface area contributed by atoms with Gasteiger partial charge in [-0.2, -0.15) is 0 Å². The minimum Gasteiger partial charge on any atom is -0.398 e. The van der Waals surface area contributed by atoms with Crippen molar-refractivity contribution in [3.8, 4) is 0 Å². The first-order valence-electron chi connectivity index (χ1n) is 5.49. The topological polar surface area (TPSA) is 26.0 Å². The molecule has 0 aliphatic carbocycles. The monoisotopic (exact) mass is 281 g/mol. The number of rotatable bonds is 3. The van der Waals surface area contributed by atoms with E-state index in [4.69, 9.17) is 17.3 Å². The van der Waals surface area contributed by atoms with Crippen molar-refractivity contribution >= 4 is 29.1 Å². The molecule has 2 aromatic rings. The van der Waals surface area contributed by atoms with Crippen molar-refractivity contribution < 1.29 is 4.39 Å². The second-order valence-electron chi connectivity index (χ2n) is 4.07. The van der Waals surface area contributed by atoms with E-state index >= 15 is 0 Å². The van der Waals surface area contributed by atoms with Gasteiger partial charge in [-0.15, -0.1) is 11.8 Å². The molecule has 2 aromatic carbocycles. The minimum absolute atomic E-state index is 0.238. The third kappa shape index (κ3) is 3.18. The molecule has 0 atom stereocenters. The second kappa shape index (κ2) is 5.63. The third-order valence-electron chi connectivity index (χ3n) is 2.56. The molecule has 0 saturated heterocycles. The maximum Gasteiger partial charge on any atom is 0.127 e. The van der Waals surface area contributed by atoms with E-state index in [1.54, 1.807) is 12.1 Å². The lowest BCUT2D eigenvalue weighted by Gasteiger charge is -2.07. The van der Waals surface area contributed by atoms with Crippen molar-refractivity contribution in [3.63, 3.8) is 0 Å². The van der Waals surface area contributed by atoms with Gasteiger partial charge in [0.2, 0.25) is 0 Å². The smallest absolute Gasteiger partial charge is 0.127 e. The lowest BCUT2D eigenvalue weighted by atomic mass is 10.2. The van der Waals surface area contributed by atoms with Crippen LogP contribution in [0.4, 0.5) is 10.1 Å². The van der Waals surface area contributed by atoms with Gasteiger partial charge in [0.1, 0.15) is 5.82 Å². The van der Waals surface area contributed by atoms with Gasteiger partial charge in [0.25, 0.3) is 0 Å². The Balaban J connectivity index is 2.16. The molecule has 18 heavy (non-hydrogen) atoms. The van der Waals surface area contributed by atoms with Crippen LogP contribution in [0.5, 0.6) is 0 Å². The lowest BCUT2D eigenvalue weighted by Crippen LogP contribution is -1.91. The molecule has 2 rings (SSSR count). The Morgan fingerprint density at radius 2 is 2.00 bits per heavy atom. The first kappa shape index (κ1) is 13.2. The summed E-state index contributed by atoms with van der Waals surface area (Å²) in [5.74, 6) is 0.276. The minimum atomic E-state index is -0.238. The molecule has 0 unspecified atom stereocenters. The maximum atomic E-state index is 13.5. The van der Waals surface area contributed by atoms with Crippen LogP contribution in [0.3, 0.4) is 0 Å². The summed E-state index contributed by atoms with van der Waals surface area (Å²) in [5.41, 5.74) is 8.33. The van der Waals surface area contributed by atoms with Crippen LogP contribution in [0, 0.1) is 12.7 Å². The van der Waals surface area contributed by atoms with E-state index in [0.29, 0.717) is 22.0 Å². The molecular formula is C14H13ClFNS. The van der Waals surface area contributed by atoms with Crippen LogP contribution in [0.1, 0.15) is 11.1 Å². The predicted octanol–water partition coefficient (Wildman–Crippen LogP) is 4.66. The summed E-state index contributed by atoms with van der Waals surface area (Å²) in [7, 11) is 0. The van der Waals surface area contributed by atoms with Gasteiger partial charge >= 0.3 is 0 Å². The fraction of sp³-hybridized carbons (Fsp3) is 0.143. The van der Waals surface area contributed by atoms with Crippen molar-refractivity contribution in [3.05, 3.63) is 58.4 Å². The average molecular weight is 282 g/mol. The van der Waals surface area contributed by atoms with Gasteiger partial charge in [0, 0.05) is 21.4 Å². The summed E-state index contributed by atoms with van der Waals surface area (Å²) < 4.78 is 13.5. The van der Waals surface area contributed by atoms with E-state index in [-0.39, 0.29) is 5.82 Å². The zero-order valence-electron chi connectivity index (χ0n) is 9.91. The second-order valence-corrected chi connectivity index (χ2v) is 5.52. The van der Waals surface area contributed by atoms with Crippen molar-refractivity contribution in [2.45, 2.75) is 17.6 Å². The van der Waals surface area contributed by atoms with E-state index in [1.165, 1.54) is 17.8 Å². The molecule has 0 aliphatic rings. The highest BCUT2D eigenvalue weighted by molar-refractivity contribution is 7.98. The Hall–Kier alpha value is -1.19. The van der Waals surface area contributed by atoms with Crippen molar-refractivity contribution in [2.75, 3.05) is 5.73 Å². The number of hydrogen-bond donors (Lipinski definition) is 1. The molecule has 0 aliphatic heterocycles. The predicted molar refractivity (Wildman–Crippen MR) is 76.6 cm³/mol. The SMILES string of the molecule is Cc1ccc(N)c(SCc2cc(Cl)ccc2F)c1. The summed E-state index contributed by atoms with van der Waals surface area (Å²) in [5, 5.41) is 0.546. The highest BCUT2D eigenvalue weighted by Crippen LogP contribution is 2.30. The summed E-state index contributed by atoms with van der Waals surface area (Å²) >= 11 is 7.37. The number of anilines is 1. The number of aryl methyl sites for hydroxylation is 1. The third-order valence-corrected chi connectivity index (χ3v) is 3.91. The van der Waals surface area contributed by atoms with Crippen molar-refractivity contribution in [2.24, 2.45) is 0 Å². The molecular weight excluding hydrogens is 269 g/mol. The van der Waals surface area contributed by atoms with Crippen LogP contribution in [0.15, 0.2) is 41.3 Å². The number of halogens is 2. The molecule has 2 N–H and O–H groups in total. The molecule has 0 amide bonds. The van der Waals surface area contributed by atoms with Gasteiger partial charge in [-0.25, -0.2) is 4.39 Å². The molecule has 94 valence electrons. The summed E-state index contributed by atoms with van der Waals surface area (Å²) in [4.78, 5) is 0.967. The summed E-state index contributed by atoms with van der Waals surface area (Å²) in [6.45, 7) is 2.00. The van der Waals surface area contributed by atoms with Gasteiger partial charge in [-0.1, -0.05) is 17.7 Å². The lowest BCUT2D eigenvalue weighted by molar-refractivity contribution is 0.617. The van der Waals surface area contributed by atoms with E-state index in [1.807, 2.05) is 25.1 Å². The first-order chi connectivity index (χ1) is 8.56. The van der Waals surface area contributed by atoms with E-state index in [0.717, 1.165) is 10.5 Å². The number of nitrogen functional groups attached to an aromatic ring is 1. The van der Waals surface area contributed by atoms with Crippen LogP contribution in [-0.4, -0.2) is 0 Å². The van der Waals surface area contributed by atoms with Gasteiger partial charge in [0.15, 0.2) is 0 Å². The highest BCUT2D eigenvalue weighted by Gasteiger charge is 2.06. The quantitative estimate of drug-likeness (QED) is 0.654. The largest absolute Gasteiger partial charge is 0.398 e. The highest BCUT2D eigenvalue weighted by atomic mass is 35.5. The molecule has 0 aromatic heterocycles. The molecule has 0 fully saturated rings. The fourth-order valence-corrected chi connectivity index (χ4v) is 2.81. The average Bonchev–Trinajstić information content (AvgIpc) is 2.34. The number of nitrogens with two attached hydrogens (primary N) is 1. The Bertz CT molecular complexity index is 520. The van der Waals surface area contributed by atoms with Crippen LogP contribution in [-0.2, 0) is 5.75 Å². The molecule has 0 spiro atoms. The van der Waals surface area contributed by atoms with E-state index < -0.39 is 0 Å². The van der Waals surface area contributed by atoms with Crippen LogP contribution < -0.4 is 5.73 Å². The Kier molecular flexibility index (Phi) is 4.15. The van der Waals surface area contributed by atoms with Crippen molar-refractivity contribution in [1.29, 1.82) is 0 Å². The summed E-state index contributed by atoms with van der Waals surface area (Å²) in [6, 6.07) is 10.4. The summed E-state index contributed by atoms with van der Waals surface area (Å²) in [6.07, 6.45) is 0. The number of benzene rings is 2. The molecule has 0 radical (unpaired) electrons. The van der Waals surface area contributed by atoms with Crippen LogP contribution >= 0.6 is 23.4 Å². The number of hydrogen-bond acceptors (Lipinski definition) is 2. The van der Waals surface area contributed by atoms with Gasteiger partial charge in [-0.3, -0.25) is 0 Å². The van der Waals surface area contributed by atoms with Gasteiger partial charge in [0.05, 0.1) is 0 Å². The Labute approximate surface area is 115 Å². The fourth-order valence-electron chi connectivity index (χ4n) is 1.58. The Morgan fingerprint density at radius 3 is 2.78 bits per heavy atom. The zero-order valence-corrected chi connectivity index (χ0v) is 11.5. The van der Waals surface area contributed by atoms with E-state index in [2.05, 4.69) is 0 Å². The maximum absolute atomic E-state index is 13.5. The molecule has 0 bridgehead atoms. The normalized spacial score (nSPS) is 10.6. The first-order valence-corrected chi connectivity index (χ1v) is 6.85. The zero-order chi connectivity index (χ0) is 13.1. The van der Waals surface area contributed by atoms with Crippen LogP contribution in [0.25, 0.3) is 0 Å².